The van der Waals surface area contributed by atoms with Gasteiger partial charge in [-0.05, 0) is 31.9 Å². The molecule has 1 aromatic rings. The molecule has 4 nitrogen and oxygen atoms in total. The summed E-state index contributed by atoms with van der Waals surface area (Å²) in [5.74, 6) is 0. The molecule has 0 fully saturated rings. The molecule has 1 aromatic carbocycles. The molecule has 0 aliphatic carbocycles. The van der Waals surface area contributed by atoms with Crippen LogP contribution < -0.4 is 0 Å². The maximum atomic E-state index is 11.6. The lowest BCUT2D eigenvalue weighted by molar-refractivity contribution is 0.255. The number of benzene rings is 1. The third-order valence-electron chi connectivity index (χ3n) is 2.10. The molecular weight excluding hydrogens is 228 g/mol. The van der Waals surface area contributed by atoms with Gasteiger partial charge in [0.15, 0.2) is 0 Å². The van der Waals surface area contributed by atoms with Gasteiger partial charge in [0.2, 0.25) is 0 Å². The highest BCUT2D eigenvalue weighted by atomic mass is 32.2. The fraction of sp³-hybridized carbons (Fsp3) is 0.455. The second-order valence-corrected chi connectivity index (χ2v) is 5.14. The number of unbranched alkanes of at least 4 members (excludes halogenated alkanes) is 1. The lowest BCUT2D eigenvalue weighted by atomic mass is 10.2. The monoisotopic (exact) mass is 244 g/mol. The van der Waals surface area contributed by atoms with Gasteiger partial charge in [-0.3, -0.25) is 4.18 Å². The van der Waals surface area contributed by atoms with E-state index < -0.39 is 10.1 Å². The van der Waals surface area contributed by atoms with Crippen molar-refractivity contribution in [3.63, 3.8) is 0 Å². The normalized spacial score (nSPS) is 11.6. The molecular formula is C11H16O4S. The van der Waals surface area contributed by atoms with Crippen LogP contribution in [0, 0.1) is 6.92 Å². The fourth-order valence-electron chi connectivity index (χ4n) is 1.16. The molecule has 0 unspecified atom stereocenters. The molecule has 0 saturated heterocycles. The highest BCUT2D eigenvalue weighted by Crippen LogP contribution is 2.13. The summed E-state index contributed by atoms with van der Waals surface area (Å²) >= 11 is 0. The van der Waals surface area contributed by atoms with Crippen LogP contribution in [0.1, 0.15) is 18.4 Å². The van der Waals surface area contributed by atoms with Crippen molar-refractivity contribution < 1.29 is 17.7 Å². The average Bonchev–Trinajstić information content (AvgIpc) is 2.25. The Kier molecular flexibility index (Phi) is 4.92. The molecule has 0 atom stereocenters. The Balaban J connectivity index is 2.60. The van der Waals surface area contributed by atoms with Gasteiger partial charge in [-0.25, -0.2) is 0 Å². The molecule has 16 heavy (non-hydrogen) atoms. The van der Waals surface area contributed by atoms with Gasteiger partial charge < -0.3 is 5.11 Å². The van der Waals surface area contributed by atoms with Gasteiger partial charge in [0, 0.05) is 6.61 Å². The SMILES string of the molecule is Cc1ccc(S(=O)(=O)OCCCCO)cc1. The van der Waals surface area contributed by atoms with Gasteiger partial charge in [-0.15, -0.1) is 0 Å². The molecule has 0 aromatic heterocycles. The molecule has 0 spiro atoms. The Morgan fingerprint density at radius 2 is 1.81 bits per heavy atom. The number of aryl methyl sites for hydroxylation is 1. The molecule has 0 aliphatic rings. The first-order valence-electron chi connectivity index (χ1n) is 5.13. The highest BCUT2D eigenvalue weighted by molar-refractivity contribution is 7.86. The standard InChI is InChI=1S/C11H16O4S/c1-10-4-6-11(7-5-10)16(13,14)15-9-3-2-8-12/h4-7,12H,2-3,8-9H2,1H3. The Bertz CT molecular complexity index is 408. The molecule has 0 aliphatic heterocycles. The number of hydrogen-bond acceptors (Lipinski definition) is 4. The van der Waals surface area contributed by atoms with Crippen LogP contribution in [-0.4, -0.2) is 26.7 Å². The van der Waals surface area contributed by atoms with E-state index in [1.54, 1.807) is 12.1 Å². The number of hydrogen-bond donors (Lipinski definition) is 1. The van der Waals surface area contributed by atoms with E-state index in [1.165, 1.54) is 12.1 Å². The van der Waals surface area contributed by atoms with Crippen molar-refractivity contribution in [2.75, 3.05) is 13.2 Å². The van der Waals surface area contributed by atoms with Gasteiger partial charge in [0.05, 0.1) is 11.5 Å². The third-order valence-corrected chi connectivity index (χ3v) is 3.43. The lowest BCUT2D eigenvalue weighted by Gasteiger charge is -2.05. The lowest BCUT2D eigenvalue weighted by Crippen LogP contribution is -2.08. The zero-order chi connectivity index (χ0) is 12.0. The summed E-state index contributed by atoms with van der Waals surface area (Å²) in [5.41, 5.74) is 0.999. The first kappa shape index (κ1) is 13.2. The molecule has 90 valence electrons. The second-order valence-electron chi connectivity index (χ2n) is 3.52. The van der Waals surface area contributed by atoms with Crippen molar-refractivity contribution in [1.29, 1.82) is 0 Å². The molecule has 5 heteroatoms. The predicted molar refractivity (Wildman–Crippen MR) is 60.6 cm³/mol. The van der Waals surface area contributed by atoms with E-state index in [9.17, 15) is 8.42 Å². The quantitative estimate of drug-likeness (QED) is 0.608. The molecule has 0 bridgehead atoms. The van der Waals surface area contributed by atoms with E-state index in [0.717, 1.165) is 5.56 Å². The summed E-state index contributed by atoms with van der Waals surface area (Å²) in [6, 6.07) is 6.50. The molecule has 0 saturated carbocycles. The van der Waals surface area contributed by atoms with E-state index in [4.69, 9.17) is 9.29 Å². The maximum Gasteiger partial charge on any atom is 0.296 e. The smallest absolute Gasteiger partial charge is 0.296 e. The van der Waals surface area contributed by atoms with Crippen LogP contribution in [0.3, 0.4) is 0 Å². The van der Waals surface area contributed by atoms with Crippen molar-refractivity contribution in [3.05, 3.63) is 29.8 Å². The predicted octanol–water partition coefficient (Wildman–Crippen LogP) is 1.47. The topological polar surface area (TPSA) is 63.6 Å². The number of aliphatic hydroxyl groups is 1. The van der Waals surface area contributed by atoms with E-state index >= 15 is 0 Å². The molecule has 0 amide bonds. The Morgan fingerprint density at radius 3 is 2.38 bits per heavy atom. The van der Waals surface area contributed by atoms with Crippen LogP contribution in [0.15, 0.2) is 29.2 Å². The van der Waals surface area contributed by atoms with E-state index in [2.05, 4.69) is 0 Å². The number of rotatable bonds is 6. The van der Waals surface area contributed by atoms with Crippen LogP contribution in [0.5, 0.6) is 0 Å². The molecule has 0 radical (unpaired) electrons. The van der Waals surface area contributed by atoms with Crippen molar-refractivity contribution >= 4 is 10.1 Å². The number of aliphatic hydroxyl groups excluding tert-OH is 1. The van der Waals surface area contributed by atoms with Crippen molar-refractivity contribution in [1.82, 2.24) is 0 Å². The van der Waals surface area contributed by atoms with Crippen molar-refractivity contribution in [2.24, 2.45) is 0 Å². The van der Waals surface area contributed by atoms with Crippen LogP contribution in [0.25, 0.3) is 0 Å². The summed E-state index contributed by atoms with van der Waals surface area (Å²) in [5, 5.41) is 8.54. The Hall–Kier alpha value is -0.910. The van der Waals surface area contributed by atoms with Crippen LogP contribution in [0.2, 0.25) is 0 Å². The van der Waals surface area contributed by atoms with E-state index in [1.807, 2.05) is 6.92 Å². The zero-order valence-corrected chi connectivity index (χ0v) is 10.0. The minimum absolute atomic E-state index is 0.0495. The van der Waals surface area contributed by atoms with E-state index in [-0.39, 0.29) is 18.1 Å². The van der Waals surface area contributed by atoms with Crippen LogP contribution >= 0.6 is 0 Å². The Morgan fingerprint density at radius 1 is 1.19 bits per heavy atom. The maximum absolute atomic E-state index is 11.6. The van der Waals surface area contributed by atoms with Crippen molar-refractivity contribution in [3.8, 4) is 0 Å². The first-order valence-corrected chi connectivity index (χ1v) is 6.54. The van der Waals surface area contributed by atoms with Gasteiger partial charge in [0.1, 0.15) is 0 Å². The van der Waals surface area contributed by atoms with Crippen LogP contribution in [0.4, 0.5) is 0 Å². The second kappa shape index (κ2) is 5.98. The molecule has 1 N–H and O–H groups in total. The van der Waals surface area contributed by atoms with Crippen molar-refractivity contribution in [2.45, 2.75) is 24.7 Å². The summed E-state index contributed by atoms with van der Waals surface area (Å²) < 4.78 is 28.1. The van der Waals surface area contributed by atoms with E-state index in [0.29, 0.717) is 12.8 Å². The van der Waals surface area contributed by atoms with Gasteiger partial charge in [-0.2, -0.15) is 8.42 Å². The fourth-order valence-corrected chi connectivity index (χ4v) is 2.10. The minimum Gasteiger partial charge on any atom is -0.396 e. The molecule has 0 heterocycles. The summed E-state index contributed by atoms with van der Waals surface area (Å²) in [4.78, 5) is 0.169. The van der Waals surface area contributed by atoms with Gasteiger partial charge in [-0.1, -0.05) is 17.7 Å². The molecule has 1 rings (SSSR count). The Labute approximate surface area is 96.0 Å². The third kappa shape index (κ3) is 3.92. The summed E-state index contributed by atoms with van der Waals surface area (Å²) in [7, 11) is -3.64. The minimum atomic E-state index is -3.64. The zero-order valence-electron chi connectivity index (χ0n) is 9.22. The first-order chi connectivity index (χ1) is 7.56. The summed E-state index contributed by atoms with van der Waals surface area (Å²) in [6.45, 7) is 2.04. The van der Waals surface area contributed by atoms with Gasteiger partial charge >= 0.3 is 0 Å². The van der Waals surface area contributed by atoms with Gasteiger partial charge in [0.25, 0.3) is 10.1 Å². The average molecular weight is 244 g/mol. The highest BCUT2D eigenvalue weighted by Gasteiger charge is 2.13. The summed E-state index contributed by atoms with van der Waals surface area (Å²) in [6.07, 6.45) is 1.07. The largest absolute Gasteiger partial charge is 0.396 e. The van der Waals surface area contributed by atoms with Crippen LogP contribution in [-0.2, 0) is 14.3 Å².